The van der Waals surface area contributed by atoms with E-state index in [0.29, 0.717) is 24.0 Å². The number of hydrogen-bond acceptors (Lipinski definition) is 3. The van der Waals surface area contributed by atoms with Crippen LogP contribution in [-0.4, -0.2) is 24.8 Å². The van der Waals surface area contributed by atoms with E-state index < -0.39 is 5.97 Å². The molecule has 0 bridgehead atoms. The maximum atomic E-state index is 10.8. The molecular weight excluding hydrogens is 220 g/mol. The van der Waals surface area contributed by atoms with Crippen LogP contribution in [0.15, 0.2) is 18.2 Å². The van der Waals surface area contributed by atoms with E-state index in [2.05, 4.69) is 13.8 Å². The molecule has 0 aliphatic rings. The number of rotatable bonds is 6. The van der Waals surface area contributed by atoms with Crippen molar-refractivity contribution in [3.63, 3.8) is 0 Å². The van der Waals surface area contributed by atoms with Crippen LogP contribution in [0, 0.1) is 5.92 Å². The molecule has 0 saturated carbocycles. The van der Waals surface area contributed by atoms with E-state index in [1.807, 2.05) is 0 Å². The van der Waals surface area contributed by atoms with Crippen LogP contribution in [0.4, 0.5) is 0 Å². The smallest absolute Gasteiger partial charge is 0.335 e. The Bertz CT molecular complexity index is 387. The summed E-state index contributed by atoms with van der Waals surface area (Å²) in [6.45, 7) is 4.79. The highest BCUT2D eigenvalue weighted by atomic mass is 16.5. The van der Waals surface area contributed by atoms with Crippen LogP contribution in [0.5, 0.6) is 11.5 Å². The fraction of sp³-hybridized carbons (Fsp3) is 0.462. The van der Waals surface area contributed by atoms with Crippen LogP contribution in [0.1, 0.15) is 30.6 Å². The Balaban J connectivity index is 2.82. The number of aromatic carboxylic acids is 1. The van der Waals surface area contributed by atoms with E-state index in [1.165, 1.54) is 19.2 Å². The molecule has 1 unspecified atom stereocenters. The molecule has 1 atom stereocenters. The van der Waals surface area contributed by atoms with Gasteiger partial charge in [0.05, 0.1) is 19.3 Å². The van der Waals surface area contributed by atoms with E-state index in [0.717, 1.165) is 6.42 Å². The van der Waals surface area contributed by atoms with Gasteiger partial charge in [-0.2, -0.15) is 0 Å². The SMILES string of the molecule is CCC(C)COc1ccc(C(=O)O)cc1OC. The minimum Gasteiger partial charge on any atom is -0.493 e. The lowest BCUT2D eigenvalue weighted by atomic mass is 10.1. The van der Waals surface area contributed by atoms with E-state index in [1.54, 1.807) is 6.07 Å². The summed E-state index contributed by atoms with van der Waals surface area (Å²) in [6.07, 6.45) is 1.04. The van der Waals surface area contributed by atoms with E-state index in [9.17, 15) is 4.79 Å². The van der Waals surface area contributed by atoms with Gasteiger partial charge in [-0.1, -0.05) is 20.3 Å². The topological polar surface area (TPSA) is 55.8 Å². The molecule has 1 aromatic rings. The fourth-order valence-corrected chi connectivity index (χ4v) is 1.27. The highest BCUT2D eigenvalue weighted by Gasteiger charge is 2.10. The van der Waals surface area contributed by atoms with E-state index in [4.69, 9.17) is 14.6 Å². The Morgan fingerprint density at radius 1 is 1.41 bits per heavy atom. The van der Waals surface area contributed by atoms with Gasteiger partial charge in [0.2, 0.25) is 0 Å². The monoisotopic (exact) mass is 238 g/mol. The van der Waals surface area contributed by atoms with Crippen LogP contribution >= 0.6 is 0 Å². The third kappa shape index (κ3) is 3.66. The summed E-state index contributed by atoms with van der Waals surface area (Å²) in [5.74, 6) is 0.515. The summed E-state index contributed by atoms with van der Waals surface area (Å²) in [6, 6.07) is 4.61. The van der Waals surface area contributed by atoms with Gasteiger partial charge in [0.25, 0.3) is 0 Å². The number of carboxylic acid groups (broad SMARTS) is 1. The minimum absolute atomic E-state index is 0.192. The molecule has 0 amide bonds. The van der Waals surface area contributed by atoms with Gasteiger partial charge in [0.15, 0.2) is 11.5 Å². The van der Waals surface area contributed by atoms with Crippen molar-refractivity contribution >= 4 is 5.97 Å². The molecule has 0 aliphatic heterocycles. The normalized spacial score (nSPS) is 11.9. The van der Waals surface area contributed by atoms with Crippen molar-refractivity contribution < 1.29 is 19.4 Å². The first-order valence-corrected chi connectivity index (χ1v) is 5.62. The van der Waals surface area contributed by atoms with Crippen molar-refractivity contribution in [1.82, 2.24) is 0 Å². The molecule has 4 heteroatoms. The van der Waals surface area contributed by atoms with Gasteiger partial charge < -0.3 is 14.6 Å². The van der Waals surface area contributed by atoms with Crippen molar-refractivity contribution in [3.8, 4) is 11.5 Å². The van der Waals surface area contributed by atoms with Crippen LogP contribution in [0.2, 0.25) is 0 Å². The summed E-state index contributed by atoms with van der Waals surface area (Å²) >= 11 is 0. The van der Waals surface area contributed by atoms with Gasteiger partial charge >= 0.3 is 5.97 Å². The number of hydrogen-bond donors (Lipinski definition) is 1. The van der Waals surface area contributed by atoms with Gasteiger partial charge in [-0.15, -0.1) is 0 Å². The number of ether oxygens (including phenoxy) is 2. The standard InChI is InChI=1S/C13H18O4/c1-4-9(2)8-17-11-6-5-10(13(14)15)7-12(11)16-3/h5-7,9H,4,8H2,1-3H3,(H,14,15). The lowest BCUT2D eigenvalue weighted by Gasteiger charge is -2.14. The first kappa shape index (κ1) is 13.4. The quantitative estimate of drug-likeness (QED) is 0.828. The van der Waals surface area contributed by atoms with E-state index in [-0.39, 0.29) is 5.56 Å². The first-order valence-electron chi connectivity index (χ1n) is 5.62. The predicted molar refractivity (Wildman–Crippen MR) is 64.9 cm³/mol. The molecule has 17 heavy (non-hydrogen) atoms. The maximum Gasteiger partial charge on any atom is 0.335 e. The average Bonchev–Trinajstić information content (AvgIpc) is 2.35. The summed E-state index contributed by atoms with van der Waals surface area (Å²) in [5, 5.41) is 8.86. The highest BCUT2D eigenvalue weighted by molar-refractivity contribution is 5.88. The molecule has 4 nitrogen and oxygen atoms in total. The number of methoxy groups -OCH3 is 1. The second kappa shape index (κ2) is 6.13. The maximum absolute atomic E-state index is 10.8. The van der Waals surface area contributed by atoms with Crippen LogP contribution in [0.3, 0.4) is 0 Å². The molecule has 1 N–H and O–H groups in total. The lowest BCUT2D eigenvalue weighted by Crippen LogP contribution is -2.08. The molecule has 0 aliphatic carbocycles. The fourth-order valence-electron chi connectivity index (χ4n) is 1.27. The zero-order valence-corrected chi connectivity index (χ0v) is 10.4. The zero-order valence-electron chi connectivity index (χ0n) is 10.4. The van der Waals surface area contributed by atoms with Gasteiger partial charge in [-0.3, -0.25) is 0 Å². The highest BCUT2D eigenvalue weighted by Crippen LogP contribution is 2.28. The number of carboxylic acids is 1. The summed E-state index contributed by atoms with van der Waals surface area (Å²) < 4.78 is 10.7. The average molecular weight is 238 g/mol. The molecule has 1 aromatic carbocycles. The summed E-state index contributed by atoms with van der Waals surface area (Å²) in [4.78, 5) is 10.8. The van der Waals surface area contributed by atoms with Crippen molar-refractivity contribution in [3.05, 3.63) is 23.8 Å². The van der Waals surface area contributed by atoms with E-state index >= 15 is 0 Å². The molecular formula is C13H18O4. The minimum atomic E-state index is -0.975. The summed E-state index contributed by atoms with van der Waals surface area (Å²) in [5.41, 5.74) is 0.192. The third-order valence-electron chi connectivity index (χ3n) is 2.63. The molecule has 0 spiro atoms. The number of carbonyl (C=O) groups is 1. The molecule has 0 saturated heterocycles. The second-order valence-corrected chi connectivity index (χ2v) is 4.00. The molecule has 0 heterocycles. The zero-order chi connectivity index (χ0) is 12.8. The third-order valence-corrected chi connectivity index (χ3v) is 2.63. The Morgan fingerprint density at radius 3 is 2.65 bits per heavy atom. The van der Waals surface area contributed by atoms with Crippen molar-refractivity contribution in [2.75, 3.05) is 13.7 Å². The molecule has 0 fully saturated rings. The van der Waals surface area contributed by atoms with Gasteiger partial charge in [0.1, 0.15) is 0 Å². The largest absolute Gasteiger partial charge is 0.493 e. The van der Waals surface area contributed by atoms with Gasteiger partial charge in [-0.25, -0.2) is 4.79 Å². The molecule has 0 aromatic heterocycles. The second-order valence-electron chi connectivity index (χ2n) is 4.00. The lowest BCUT2D eigenvalue weighted by molar-refractivity contribution is 0.0696. The Kier molecular flexibility index (Phi) is 4.82. The first-order chi connectivity index (χ1) is 8.08. The van der Waals surface area contributed by atoms with Gasteiger partial charge in [0, 0.05) is 0 Å². The Hall–Kier alpha value is -1.71. The Morgan fingerprint density at radius 2 is 2.12 bits per heavy atom. The van der Waals surface area contributed by atoms with Crippen molar-refractivity contribution in [2.45, 2.75) is 20.3 Å². The molecule has 94 valence electrons. The van der Waals surface area contributed by atoms with Crippen LogP contribution in [-0.2, 0) is 0 Å². The van der Waals surface area contributed by atoms with Gasteiger partial charge in [-0.05, 0) is 24.1 Å². The molecule has 1 rings (SSSR count). The number of benzene rings is 1. The molecule has 0 radical (unpaired) electrons. The van der Waals surface area contributed by atoms with Crippen molar-refractivity contribution in [1.29, 1.82) is 0 Å². The van der Waals surface area contributed by atoms with Crippen molar-refractivity contribution in [2.24, 2.45) is 5.92 Å². The predicted octanol–water partition coefficient (Wildman–Crippen LogP) is 2.82. The van der Waals surface area contributed by atoms with Crippen LogP contribution < -0.4 is 9.47 Å². The Labute approximate surface area is 101 Å². The van der Waals surface area contributed by atoms with Crippen LogP contribution in [0.25, 0.3) is 0 Å². The summed E-state index contributed by atoms with van der Waals surface area (Å²) in [7, 11) is 1.50.